The highest BCUT2D eigenvalue weighted by Gasteiger charge is 2.38. The van der Waals surface area contributed by atoms with Gasteiger partial charge >= 0.3 is 0 Å². The van der Waals surface area contributed by atoms with E-state index < -0.39 is 21.3 Å². The Bertz CT molecular complexity index is 1450. The van der Waals surface area contributed by atoms with E-state index in [-0.39, 0.29) is 19.0 Å². The van der Waals surface area contributed by atoms with Crippen molar-refractivity contribution >= 4 is 66.6 Å². The number of aromatic nitrogens is 1. The van der Waals surface area contributed by atoms with Crippen LogP contribution in [0.15, 0.2) is 42.3 Å². The summed E-state index contributed by atoms with van der Waals surface area (Å²) in [7, 11) is -3.81. The van der Waals surface area contributed by atoms with Crippen LogP contribution in [0.3, 0.4) is 0 Å². The summed E-state index contributed by atoms with van der Waals surface area (Å²) in [6.07, 6.45) is 2.21. The van der Waals surface area contributed by atoms with Crippen molar-refractivity contribution in [3.63, 3.8) is 0 Å². The number of benzene rings is 1. The fourth-order valence-electron chi connectivity index (χ4n) is 4.67. The number of hydrogen-bond acceptors (Lipinski definition) is 9. The average Bonchev–Trinajstić information content (AvgIpc) is 3.56. The van der Waals surface area contributed by atoms with E-state index in [4.69, 9.17) is 16.3 Å². The molecule has 4 heterocycles. The predicted octanol–water partition coefficient (Wildman–Crippen LogP) is 3.43. The molecule has 1 aromatic carbocycles. The Labute approximate surface area is 234 Å². The summed E-state index contributed by atoms with van der Waals surface area (Å²) in [5, 5.41) is 3.02. The standard InChI is InChI=1S/C25H27ClN4O5S3/c1-2-23(22-11-17-3-4-18(26)12-21(17)37-22)38(33,34)30-6-5-29(19(13-30)15-31)14-24-27-20(16-36-24)25(32)28-7-9-35-10-8-28/h2-4,11-12,15-16,19,23H,1,5-10,13-14H2. The summed E-state index contributed by atoms with van der Waals surface area (Å²) in [4.78, 5) is 33.5. The number of carbonyl (C=O) groups excluding carboxylic acids is 2. The fourth-order valence-corrected chi connectivity index (χ4v) is 8.92. The molecule has 0 aliphatic carbocycles. The first-order valence-electron chi connectivity index (χ1n) is 12.1. The first kappa shape index (κ1) is 27.4. The lowest BCUT2D eigenvalue weighted by Crippen LogP contribution is -2.55. The van der Waals surface area contributed by atoms with Gasteiger partial charge in [0, 0.05) is 52.7 Å². The van der Waals surface area contributed by atoms with Crippen LogP contribution in [-0.2, 0) is 26.1 Å². The van der Waals surface area contributed by atoms with Gasteiger partial charge in [-0.15, -0.1) is 29.3 Å². The predicted molar refractivity (Wildman–Crippen MR) is 149 cm³/mol. The number of thiazole rings is 1. The zero-order chi connectivity index (χ0) is 26.9. The van der Waals surface area contributed by atoms with Crippen LogP contribution >= 0.6 is 34.3 Å². The fraction of sp³-hybridized carbons (Fsp3) is 0.400. The lowest BCUT2D eigenvalue weighted by molar-refractivity contribution is -0.114. The van der Waals surface area contributed by atoms with Crippen LogP contribution in [0.5, 0.6) is 0 Å². The van der Waals surface area contributed by atoms with E-state index in [0.717, 1.165) is 16.4 Å². The lowest BCUT2D eigenvalue weighted by Gasteiger charge is -2.38. The highest BCUT2D eigenvalue weighted by atomic mass is 35.5. The number of sulfonamides is 1. The molecule has 2 aromatic heterocycles. The number of nitrogens with zero attached hydrogens (tertiary/aromatic N) is 4. The maximum atomic E-state index is 13.7. The average molecular weight is 595 g/mol. The molecule has 1 amide bonds. The molecule has 0 spiro atoms. The first-order valence-corrected chi connectivity index (χ1v) is 15.7. The molecule has 9 nitrogen and oxygen atoms in total. The molecule has 13 heteroatoms. The van der Waals surface area contributed by atoms with Crippen LogP contribution in [0.4, 0.5) is 0 Å². The highest BCUT2D eigenvalue weighted by molar-refractivity contribution is 7.89. The summed E-state index contributed by atoms with van der Waals surface area (Å²) in [6.45, 7) is 6.90. The maximum absolute atomic E-state index is 13.7. The van der Waals surface area contributed by atoms with Crippen LogP contribution in [0, 0.1) is 0 Å². The molecule has 38 heavy (non-hydrogen) atoms. The van der Waals surface area contributed by atoms with Gasteiger partial charge in [-0.05, 0) is 23.6 Å². The molecule has 2 atom stereocenters. The Hall–Kier alpha value is -2.19. The second-order valence-electron chi connectivity index (χ2n) is 9.10. The van der Waals surface area contributed by atoms with Gasteiger partial charge in [0.2, 0.25) is 10.0 Å². The Morgan fingerprint density at radius 1 is 1.24 bits per heavy atom. The van der Waals surface area contributed by atoms with Crippen LogP contribution in [0.25, 0.3) is 10.1 Å². The molecule has 3 aromatic rings. The number of hydrogen-bond donors (Lipinski definition) is 0. The normalized spacial score (nSPS) is 20.4. The van der Waals surface area contributed by atoms with Gasteiger partial charge in [0.15, 0.2) is 0 Å². The summed E-state index contributed by atoms with van der Waals surface area (Å²) < 4.78 is 34.9. The number of rotatable bonds is 8. The number of piperazine rings is 1. The van der Waals surface area contributed by atoms with Gasteiger partial charge in [0.25, 0.3) is 5.91 Å². The highest BCUT2D eigenvalue weighted by Crippen LogP contribution is 2.37. The van der Waals surface area contributed by atoms with Crippen molar-refractivity contribution in [3.05, 3.63) is 62.9 Å². The second-order valence-corrected chi connectivity index (χ2v) is 13.6. The molecule has 2 aliphatic heterocycles. The Morgan fingerprint density at radius 3 is 2.76 bits per heavy atom. The number of morpholine rings is 1. The Kier molecular flexibility index (Phi) is 8.29. The molecule has 0 radical (unpaired) electrons. The lowest BCUT2D eigenvalue weighted by atomic mass is 10.2. The van der Waals surface area contributed by atoms with Crippen molar-refractivity contribution < 1.29 is 22.7 Å². The monoisotopic (exact) mass is 594 g/mol. The van der Waals surface area contributed by atoms with Crippen LogP contribution < -0.4 is 0 Å². The van der Waals surface area contributed by atoms with Crippen molar-refractivity contribution in [2.24, 2.45) is 0 Å². The van der Waals surface area contributed by atoms with Crippen molar-refractivity contribution in [3.8, 4) is 0 Å². The van der Waals surface area contributed by atoms with E-state index in [2.05, 4.69) is 11.6 Å². The number of aldehydes is 1. The van der Waals surface area contributed by atoms with Crippen LogP contribution in [0.2, 0.25) is 5.02 Å². The number of amides is 1. The molecule has 0 saturated carbocycles. The van der Waals surface area contributed by atoms with Gasteiger partial charge in [-0.2, -0.15) is 4.31 Å². The smallest absolute Gasteiger partial charge is 0.273 e. The van der Waals surface area contributed by atoms with E-state index in [1.807, 2.05) is 23.1 Å². The van der Waals surface area contributed by atoms with Gasteiger partial charge in [0.05, 0.1) is 25.8 Å². The molecule has 0 bridgehead atoms. The minimum Gasteiger partial charge on any atom is -0.378 e. The van der Waals surface area contributed by atoms with Gasteiger partial charge in [0.1, 0.15) is 22.2 Å². The number of ether oxygens (including phenoxy) is 1. The van der Waals surface area contributed by atoms with Crippen molar-refractivity contribution in [1.29, 1.82) is 0 Å². The second kappa shape index (κ2) is 11.5. The summed E-state index contributed by atoms with van der Waals surface area (Å²) in [5.41, 5.74) is 0.384. The molecule has 5 rings (SSSR count). The molecule has 2 saturated heterocycles. The minimum absolute atomic E-state index is 0.0395. The molecular weight excluding hydrogens is 568 g/mol. The van der Waals surface area contributed by atoms with E-state index in [0.29, 0.717) is 60.0 Å². The number of halogens is 1. The summed E-state index contributed by atoms with van der Waals surface area (Å²) >= 11 is 8.84. The van der Waals surface area contributed by atoms with Crippen LogP contribution in [-0.4, -0.2) is 91.7 Å². The number of carbonyl (C=O) groups is 2. The van der Waals surface area contributed by atoms with Gasteiger partial charge < -0.3 is 14.4 Å². The maximum Gasteiger partial charge on any atom is 0.273 e. The van der Waals surface area contributed by atoms with Crippen molar-refractivity contribution in [2.45, 2.75) is 17.8 Å². The molecule has 2 fully saturated rings. The van der Waals surface area contributed by atoms with Gasteiger partial charge in [-0.25, -0.2) is 13.4 Å². The quantitative estimate of drug-likeness (QED) is 0.291. The molecule has 0 N–H and O–H groups in total. The van der Waals surface area contributed by atoms with E-state index in [1.165, 1.54) is 33.1 Å². The molecule has 2 aliphatic rings. The third kappa shape index (κ3) is 5.57. The van der Waals surface area contributed by atoms with Crippen molar-refractivity contribution in [2.75, 3.05) is 45.9 Å². The van der Waals surface area contributed by atoms with Crippen LogP contribution in [0.1, 0.15) is 25.6 Å². The Morgan fingerprint density at radius 2 is 2.03 bits per heavy atom. The third-order valence-electron chi connectivity index (χ3n) is 6.74. The minimum atomic E-state index is -3.81. The molecular formula is C25H27ClN4O5S3. The first-order chi connectivity index (χ1) is 18.3. The summed E-state index contributed by atoms with van der Waals surface area (Å²) in [5.74, 6) is -0.127. The number of fused-ring (bicyclic) bond motifs is 1. The zero-order valence-corrected chi connectivity index (χ0v) is 23.7. The Balaban J connectivity index is 1.27. The summed E-state index contributed by atoms with van der Waals surface area (Å²) in [6, 6.07) is 6.68. The number of thiophene rings is 1. The SMILES string of the molecule is C=CC(c1cc2ccc(Cl)cc2s1)S(=O)(=O)N1CCN(Cc2nc(C(=O)N3CCOCC3)cs2)C(C=O)C1. The topological polar surface area (TPSA) is 100 Å². The van der Waals surface area contributed by atoms with Gasteiger partial charge in [-0.3, -0.25) is 9.69 Å². The van der Waals surface area contributed by atoms with Gasteiger partial charge in [-0.1, -0.05) is 23.7 Å². The largest absolute Gasteiger partial charge is 0.378 e. The molecule has 2 unspecified atom stereocenters. The molecule has 202 valence electrons. The van der Waals surface area contributed by atoms with Crippen molar-refractivity contribution in [1.82, 2.24) is 19.1 Å². The van der Waals surface area contributed by atoms with E-state index in [1.54, 1.807) is 16.3 Å². The zero-order valence-electron chi connectivity index (χ0n) is 20.5. The van der Waals surface area contributed by atoms with E-state index in [9.17, 15) is 18.0 Å². The third-order valence-corrected chi connectivity index (χ3v) is 11.3. The van der Waals surface area contributed by atoms with E-state index >= 15 is 0 Å².